The number of hydrogen-bond donors (Lipinski definition) is 2. The highest BCUT2D eigenvalue weighted by Crippen LogP contribution is 2.61. The molecule has 3 aliphatic carbocycles. The minimum atomic E-state index is -2.66. The molecular formula is C21H34F2O3. The van der Waals surface area contributed by atoms with Gasteiger partial charge >= 0.3 is 0 Å². The minimum Gasteiger partial charge on any atom is -0.389 e. The summed E-state index contributed by atoms with van der Waals surface area (Å²) < 4.78 is 26.5. The number of carbonyl (C=O) groups is 1. The molecule has 2 N–H and O–H groups in total. The van der Waals surface area contributed by atoms with Crippen molar-refractivity contribution in [2.24, 2.45) is 29.1 Å². The van der Waals surface area contributed by atoms with E-state index in [0.29, 0.717) is 30.6 Å². The van der Waals surface area contributed by atoms with E-state index in [2.05, 4.69) is 6.92 Å². The SMILES string of the molecule is CC12CCC3CCCC(O)(C(F)F)CCCCC3C1CCC2C(=O)CO. The molecule has 0 radical (unpaired) electrons. The first-order chi connectivity index (χ1) is 12.3. The number of alkyl halides is 2. The van der Waals surface area contributed by atoms with Gasteiger partial charge in [-0.25, -0.2) is 8.78 Å². The minimum absolute atomic E-state index is 0.00434. The van der Waals surface area contributed by atoms with E-state index in [-0.39, 0.29) is 36.6 Å². The Morgan fingerprint density at radius 1 is 1.04 bits per heavy atom. The maximum atomic E-state index is 13.3. The molecule has 0 aliphatic heterocycles. The second kappa shape index (κ2) is 7.83. The van der Waals surface area contributed by atoms with Gasteiger partial charge in [-0.2, -0.15) is 0 Å². The molecule has 5 heteroatoms. The molecule has 0 heterocycles. The topological polar surface area (TPSA) is 57.5 Å². The zero-order chi connectivity index (χ0) is 18.9. The normalized spacial score (nSPS) is 44.4. The Labute approximate surface area is 155 Å². The Morgan fingerprint density at radius 3 is 2.46 bits per heavy atom. The van der Waals surface area contributed by atoms with Gasteiger partial charge in [0.05, 0.1) is 0 Å². The van der Waals surface area contributed by atoms with Gasteiger partial charge in [-0.3, -0.25) is 4.79 Å². The van der Waals surface area contributed by atoms with Crippen LogP contribution < -0.4 is 0 Å². The molecule has 3 aliphatic rings. The smallest absolute Gasteiger partial charge is 0.266 e. The molecule has 0 saturated heterocycles. The van der Waals surface area contributed by atoms with Crippen molar-refractivity contribution in [1.29, 1.82) is 0 Å². The van der Waals surface area contributed by atoms with E-state index < -0.39 is 12.0 Å². The Balaban J connectivity index is 1.73. The van der Waals surface area contributed by atoms with Crippen LogP contribution in [0.1, 0.15) is 77.6 Å². The molecular weight excluding hydrogens is 338 g/mol. The van der Waals surface area contributed by atoms with Gasteiger partial charge in [-0.1, -0.05) is 32.6 Å². The van der Waals surface area contributed by atoms with Crippen molar-refractivity contribution >= 4 is 5.78 Å². The summed E-state index contributed by atoms with van der Waals surface area (Å²) in [4.78, 5) is 12.2. The molecule has 0 aromatic rings. The highest BCUT2D eigenvalue weighted by molar-refractivity contribution is 5.83. The Bertz CT molecular complexity index is 511. The average molecular weight is 372 g/mol. The lowest BCUT2D eigenvalue weighted by atomic mass is 9.55. The third-order valence-corrected chi connectivity index (χ3v) is 8.12. The van der Waals surface area contributed by atoms with E-state index >= 15 is 0 Å². The van der Waals surface area contributed by atoms with Gasteiger partial charge in [0.2, 0.25) is 0 Å². The molecule has 0 spiro atoms. The molecule has 3 nitrogen and oxygen atoms in total. The highest BCUT2D eigenvalue weighted by atomic mass is 19.3. The molecule has 3 saturated carbocycles. The second-order valence-corrected chi connectivity index (χ2v) is 9.37. The average Bonchev–Trinajstić information content (AvgIpc) is 2.96. The highest BCUT2D eigenvalue weighted by Gasteiger charge is 2.55. The number of ketones is 1. The number of halogens is 2. The standard InChI is InChI=1S/C21H34F2O3/c1-20-12-9-14-5-4-11-21(26,19(22)23)10-3-2-6-15(14)16(20)7-8-17(20)18(25)13-24/h14-17,19,24,26H,2-13H2,1H3. The zero-order valence-electron chi connectivity index (χ0n) is 15.9. The van der Waals surface area contributed by atoms with Crippen LogP contribution in [0.15, 0.2) is 0 Å². The summed E-state index contributed by atoms with van der Waals surface area (Å²) >= 11 is 0. The number of aliphatic hydroxyl groups is 2. The molecule has 26 heavy (non-hydrogen) atoms. The first kappa shape index (κ1) is 20.2. The number of Topliss-reactive ketones (excluding diaryl/α,β-unsaturated/α-hetero) is 1. The third kappa shape index (κ3) is 3.58. The van der Waals surface area contributed by atoms with Crippen LogP contribution in [0.4, 0.5) is 8.78 Å². The van der Waals surface area contributed by atoms with E-state index in [1.165, 1.54) is 0 Å². The summed E-state index contributed by atoms with van der Waals surface area (Å²) in [5.74, 6) is 1.57. The summed E-state index contributed by atoms with van der Waals surface area (Å²) in [5.41, 5.74) is -1.81. The van der Waals surface area contributed by atoms with Crippen molar-refractivity contribution in [3.05, 3.63) is 0 Å². The quantitative estimate of drug-likeness (QED) is 0.774. The summed E-state index contributed by atoms with van der Waals surface area (Å²) in [7, 11) is 0. The van der Waals surface area contributed by atoms with Crippen molar-refractivity contribution < 1.29 is 23.8 Å². The predicted octanol–water partition coefficient (Wildman–Crippen LogP) is 4.35. The lowest BCUT2D eigenvalue weighted by molar-refractivity contribution is -0.131. The second-order valence-electron chi connectivity index (χ2n) is 9.37. The Hall–Kier alpha value is -0.550. The Morgan fingerprint density at radius 2 is 1.77 bits per heavy atom. The van der Waals surface area contributed by atoms with Gasteiger partial charge in [-0.15, -0.1) is 0 Å². The van der Waals surface area contributed by atoms with Gasteiger partial charge in [0.1, 0.15) is 12.2 Å². The monoisotopic (exact) mass is 372 g/mol. The van der Waals surface area contributed by atoms with Gasteiger partial charge < -0.3 is 10.2 Å². The van der Waals surface area contributed by atoms with Gasteiger partial charge in [0.25, 0.3) is 6.43 Å². The van der Waals surface area contributed by atoms with E-state index in [4.69, 9.17) is 0 Å². The number of aliphatic hydroxyl groups excluding tert-OH is 1. The number of carbonyl (C=O) groups excluding carboxylic acids is 1. The first-order valence-electron chi connectivity index (χ1n) is 10.5. The van der Waals surface area contributed by atoms with Gasteiger partial charge in [0, 0.05) is 5.92 Å². The molecule has 0 amide bonds. The fourth-order valence-corrected chi connectivity index (χ4v) is 6.62. The summed E-state index contributed by atoms with van der Waals surface area (Å²) in [6, 6.07) is 0. The molecule has 0 aromatic carbocycles. The van der Waals surface area contributed by atoms with Crippen LogP contribution in [0.5, 0.6) is 0 Å². The third-order valence-electron chi connectivity index (χ3n) is 8.12. The fraction of sp³-hybridized carbons (Fsp3) is 0.952. The summed E-state index contributed by atoms with van der Waals surface area (Å²) in [6.45, 7) is 1.89. The number of fused-ring (bicyclic) bond motifs is 3. The van der Waals surface area contributed by atoms with Crippen LogP contribution in [0, 0.1) is 29.1 Å². The van der Waals surface area contributed by atoms with Crippen molar-refractivity contribution in [3.63, 3.8) is 0 Å². The van der Waals surface area contributed by atoms with E-state index in [0.717, 1.165) is 44.9 Å². The molecule has 3 rings (SSSR count). The van der Waals surface area contributed by atoms with Crippen molar-refractivity contribution in [2.45, 2.75) is 89.6 Å². The van der Waals surface area contributed by atoms with Crippen LogP contribution in [0.3, 0.4) is 0 Å². The maximum Gasteiger partial charge on any atom is 0.266 e. The van der Waals surface area contributed by atoms with Gasteiger partial charge in [-0.05, 0) is 68.1 Å². The molecule has 150 valence electrons. The first-order valence-corrected chi connectivity index (χ1v) is 10.5. The van der Waals surface area contributed by atoms with Crippen LogP contribution >= 0.6 is 0 Å². The lowest BCUT2D eigenvalue weighted by Gasteiger charge is -2.49. The van der Waals surface area contributed by atoms with Crippen molar-refractivity contribution in [2.75, 3.05) is 6.61 Å². The van der Waals surface area contributed by atoms with Gasteiger partial charge in [0.15, 0.2) is 5.78 Å². The maximum absolute atomic E-state index is 13.3. The molecule has 3 fully saturated rings. The van der Waals surface area contributed by atoms with E-state index in [9.17, 15) is 23.8 Å². The van der Waals surface area contributed by atoms with Crippen molar-refractivity contribution in [3.8, 4) is 0 Å². The van der Waals surface area contributed by atoms with Crippen LogP contribution in [-0.4, -0.2) is 34.6 Å². The predicted molar refractivity (Wildman–Crippen MR) is 95.9 cm³/mol. The molecule has 0 aromatic heterocycles. The largest absolute Gasteiger partial charge is 0.389 e. The van der Waals surface area contributed by atoms with Crippen LogP contribution in [-0.2, 0) is 4.79 Å². The number of hydrogen-bond acceptors (Lipinski definition) is 3. The fourth-order valence-electron chi connectivity index (χ4n) is 6.62. The van der Waals surface area contributed by atoms with Crippen LogP contribution in [0.25, 0.3) is 0 Å². The molecule has 0 bridgehead atoms. The van der Waals surface area contributed by atoms with E-state index in [1.807, 2.05) is 0 Å². The Kier molecular flexibility index (Phi) is 6.08. The van der Waals surface area contributed by atoms with Crippen LogP contribution in [0.2, 0.25) is 0 Å². The van der Waals surface area contributed by atoms with Crippen molar-refractivity contribution in [1.82, 2.24) is 0 Å². The zero-order valence-corrected chi connectivity index (χ0v) is 15.9. The summed E-state index contributed by atoms with van der Waals surface area (Å²) in [6.07, 6.45) is 5.80. The van der Waals surface area contributed by atoms with E-state index in [1.54, 1.807) is 0 Å². The number of rotatable bonds is 3. The molecule has 6 atom stereocenters. The lowest BCUT2D eigenvalue weighted by Crippen LogP contribution is -2.44. The molecule has 6 unspecified atom stereocenters. The summed E-state index contributed by atoms with van der Waals surface area (Å²) in [5, 5.41) is 19.6.